The van der Waals surface area contributed by atoms with Crippen molar-refractivity contribution in [2.75, 3.05) is 11.9 Å². The number of rotatable bonds is 4. The van der Waals surface area contributed by atoms with E-state index < -0.39 is 17.5 Å². The van der Waals surface area contributed by atoms with Gasteiger partial charge in [0.1, 0.15) is 12.1 Å². The van der Waals surface area contributed by atoms with Crippen LogP contribution in [-0.4, -0.2) is 39.8 Å². The van der Waals surface area contributed by atoms with Crippen LogP contribution in [0.25, 0.3) is 11.3 Å². The molecule has 8 heteroatoms. The second-order valence-electron chi connectivity index (χ2n) is 6.56. The Balaban J connectivity index is 1.41. The Hall–Kier alpha value is -2.74. The summed E-state index contributed by atoms with van der Waals surface area (Å²) < 4.78 is 0. The summed E-state index contributed by atoms with van der Waals surface area (Å²) in [6, 6.07) is 9.15. The Morgan fingerprint density at radius 1 is 1.23 bits per heavy atom. The van der Waals surface area contributed by atoms with E-state index in [2.05, 4.69) is 15.6 Å². The highest BCUT2D eigenvalue weighted by atomic mass is 32.1. The van der Waals surface area contributed by atoms with Crippen molar-refractivity contribution in [2.24, 2.45) is 0 Å². The molecule has 2 N–H and O–H groups in total. The van der Waals surface area contributed by atoms with Crippen molar-refractivity contribution in [1.82, 2.24) is 15.2 Å². The first-order chi connectivity index (χ1) is 12.6. The molecule has 1 aromatic heterocycles. The van der Waals surface area contributed by atoms with Crippen LogP contribution in [0.3, 0.4) is 0 Å². The van der Waals surface area contributed by atoms with Crippen LogP contribution < -0.4 is 10.6 Å². The van der Waals surface area contributed by atoms with Gasteiger partial charge in [0, 0.05) is 10.9 Å². The molecule has 1 aliphatic heterocycles. The standard InChI is InChI=1S/C18H18N4O3S/c23-14(10-22-15(24)18(21-17(22)25)8-4-5-9-18)20-16-19-13(11-26-16)12-6-2-1-3-7-12/h1-3,6-7,11H,4-5,8-10H2,(H,21,25)(H,19,20,23). The smallest absolute Gasteiger partial charge is 0.323 e. The van der Waals surface area contributed by atoms with Gasteiger partial charge in [-0.25, -0.2) is 9.78 Å². The number of hydrogen-bond acceptors (Lipinski definition) is 5. The molecular formula is C18H18N4O3S. The fourth-order valence-corrected chi connectivity index (χ4v) is 4.25. The van der Waals surface area contributed by atoms with E-state index in [4.69, 9.17) is 0 Å². The van der Waals surface area contributed by atoms with Gasteiger partial charge in [0.05, 0.1) is 5.69 Å². The quantitative estimate of drug-likeness (QED) is 0.810. The molecule has 2 aliphatic rings. The molecule has 0 bridgehead atoms. The molecule has 1 saturated carbocycles. The van der Waals surface area contributed by atoms with Gasteiger partial charge < -0.3 is 10.6 Å². The Bertz CT molecular complexity index is 858. The summed E-state index contributed by atoms with van der Waals surface area (Å²) in [5, 5.41) is 7.74. The molecule has 1 aromatic carbocycles. The molecule has 1 aliphatic carbocycles. The van der Waals surface area contributed by atoms with Gasteiger partial charge >= 0.3 is 6.03 Å². The Labute approximate surface area is 154 Å². The molecule has 2 aromatic rings. The minimum Gasteiger partial charge on any atom is -0.323 e. The fraction of sp³-hybridized carbons (Fsp3) is 0.333. The lowest BCUT2D eigenvalue weighted by molar-refractivity contribution is -0.133. The van der Waals surface area contributed by atoms with Gasteiger partial charge in [-0.1, -0.05) is 43.2 Å². The predicted molar refractivity (Wildman–Crippen MR) is 97.6 cm³/mol. The Kier molecular flexibility index (Phi) is 4.20. The molecule has 1 spiro atoms. The van der Waals surface area contributed by atoms with Gasteiger partial charge in [-0.15, -0.1) is 11.3 Å². The molecule has 1 saturated heterocycles. The molecule has 7 nitrogen and oxygen atoms in total. The van der Waals surface area contributed by atoms with E-state index >= 15 is 0 Å². The van der Waals surface area contributed by atoms with E-state index in [1.807, 2.05) is 35.7 Å². The van der Waals surface area contributed by atoms with E-state index in [0.717, 1.165) is 29.0 Å². The van der Waals surface area contributed by atoms with Gasteiger partial charge in [0.15, 0.2) is 5.13 Å². The third-order valence-corrected chi connectivity index (χ3v) is 5.58. The van der Waals surface area contributed by atoms with Crippen LogP contribution >= 0.6 is 11.3 Å². The van der Waals surface area contributed by atoms with Crippen molar-refractivity contribution in [1.29, 1.82) is 0 Å². The van der Waals surface area contributed by atoms with Gasteiger partial charge in [0.25, 0.3) is 5.91 Å². The summed E-state index contributed by atoms with van der Waals surface area (Å²) in [7, 11) is 0. The molecule has 26 heavy (non-hydrogen) atoms. The highest BCUT2D eigenvalue weighted by Crippen LogP contribution is 2.35. The Morgan fingerprint density at radius 2 is 1.96 bits per heavy atom. The van der Waals surface area contributed by atoms with Gasteiger partial charge in [0.2, 0.25) is 5.91 Å². The summed E-state index contributed by atoms with van der Waals surface area (Å²) in [4.78, 5) is 42.4. The van der Waals surface area contributed by atoms with Crippen molar-refractivity contribution >= 4 is 34.3 Å². The van der Waals surface area contributed by atoms with E-state index in [1.54, 1.807) is 0 Å². The zero-order valence-electron chi connectivity index (χ0n) is 14.0. The summed E-state index contributed by atoms with van der Waals surface area (Å²) in [5.74, 6) is -0.725. The summed E-state index contributed by atoms with van der Waals surface area (Å²) >= 11 is 1.30. The zero-order valence-corrected chi connectivity index (χ0v) is 14.8. The van der Waals surface area contributed by atoms with E-state index in [1.165, 1.54) is 11.3 Å². The number of anilines is 1. The maximum Gasteiger partial charge on any atom is 0.325 e. The van der Waals surface area contributed by atoms with Gasteiger partial charge in [-0.05, 0) is 12.8 Å². The number of imide groups is 1. The van der Waals surface area contributed by atoms with Gasteiger partial charge in [-0.3, -0.25) is 14.5 Å². The number of thiazole rings is 1. The lowest BCUT2D eigenvalue weighted by atomic mass is 9.98. The van der Waals surface area contributed by atoms with Crippen molar-refractivity contribution < 1.29 is 14.4 Å². The normalized spacial score (nSPS) is 18.4. The number of aromatic nitrogens is 1. The van der Waals surface area contributed by atoms with Crippen molar-refractivity contribution in [2.45, 2.75) is 31.2 Å². The van der Waals surface area contributed by atoms with Crippen LogP contribution in [0.2, 0.25) is 0 Å². The second-order valence-corrected chi connectivity index (χ2v) is 7.42. The number of amides is 4. The molecule has 4 amide bonds. The van der Waals surface area contributed by atoms with E-state index in [0.29, 0.717) is 18.0 Å². The van der Waals surface area contributed by atoms with E-state index in [9.17, 15) is 14.4 Å². The topological polar surface area (TPSA) is 91.4 Å². The molecule has 2 fully saturated rings. The first-order valence-corrected chi connectivity index (χ1v) is 9.40. The minimum absolute atomic E-state index is 0.292. The summed E-state index contributed by atoms with van der Waals surface area (Å²) in [6.45, 7) is -0.299. The monoisotopic (exact) mass is 370 g/mol. The van der Waals surface area contributed by atoms with Crippen LogP contribution in [0.1, 0.15) is 25.7 Å². The van der Waals surface area contributed by atoms with Crippen molar-refractivity contribution in [3.8, 4) is 11.3 Å². The predicted octanol–water partition coefficient (Wildman–Crippen LogP) is 2.61. The largest absolute Gasteiger partial charge is 0.325 e. The summed E-state index contributed by atoms with van der Waals surface area (Å²) in [5.41, 5.74) is 0.936. The SMILES string of the molecule is O=C(CN1C(=O)NC2(CCCC2)C1=O)Nc1nc(-c2ccccc2)cs1. The number of urea groups is 1. The lowest BCUT2D eigenvalue weighted by Gasteiger charge is -2.19. The van der Waals surface area contributed by atoms with Crippen LogP contribution in [0, 0.1) is 0 Å². The van der Waals surface area contributed by atoms with Crippen molar-refractivity contribution in [3.63, 3.8) is 0 Å². The second kappa shape index (κ2) is 6.53. The van der Waals surface area contributed by atoms with E-state index in [-0.39, 0.29) is 12.5 Å². The number of carbonyl (C=O) groups excluding carboxylic acids is 3. The maximum atomic E-state index is 12.6. The average molecular weight is 370 g/mol. The number of carbonyl (C=O) groups is 3. The highest BCUT2D eigenvalue weighted by molar-refractivity contribution is 7.14. The highest BCUT2D eigenvalue weighted by Gasteiger charge is 2.52. The average Bonchev–Trinajstić information content (AvgIpc) is 3.34. The molecule has 4 rings (SSSR count). The number of nitrogens with one attached hydrogen (secondary N) is 2. The Morgan fingerprint density at radius 3 is 2.69 bits per heavy atom. The first-order valence-electron chi connectivity index (χ1n) is 8.52. The van der Waals surface area contributed by atoms with Crippen LogP contribution in [0.15, 0.2) is 35.7 Å². The first kappa shape index (κ1) is 16.7. The minimum atomic E-state index is -0.793. The van der Waals surface area contributed by atoms with Crippen LogP contribution in [0.5, 0.6) is 0 Å². The van der Waals surface area contributed by atoms with Crippen LogP contribution in [0.4, 0.5) is 9.93 Å². The molecule has 0 radical (unpaired) electrons. The summed E-state index contributed by atoms with van der Waals surface area (Å²) in [6.07, 6.45) is 3.10. The maximum absolute atomic E-state index is 12.6. The van der Waals surface area contributed by atoms with Crippen LogP contribution in [-0.2, 0) is 9.59 Å². The number of nitrogens with zero attached hydrogens (tertiary/aromatic N) is 2. The molecule has 2 heterocycles. The van der Waals surface area contributed by atoms with Crippen molar-refractivity contribution in [3.05, 3.63) is 35.7 Å². The molecule has 0 atom stereocenters. The third kappa shape index (κ3) is 2.96. The molecule has 134 valence electrons. The third-order valence-electron chi connectivity index (χ3n) is 4.82. The zero-order chi connectivity index (χ0) is 18.1. The molecular weight excluding hydrogens is 352 g/mol. The van der Waals surface area contributed by atoms with Gasteiger partial charge in [-0.2, -0.15) is 0 Å². The lowest BCUT2D eigenvalue weighted by Crippen LogP contribution is -2.44. The fourth-order valence-electron chi connectivity index (χ4n) is 3.51. The number of benzene rings is 1. The molecule has 0 unspecified atom stereocenters. The number of hydrogen-bond donors (Lipinski definition) is 2.